The van der Waals surface area contributed by atoms with E-state index < -0.39 is 0 Å². The van der Waals surface area contributed by atoms with Gasteiger partial charge in [-0.2, -0.15) is 0 Å². The van der Waals surface area contributed by atoms with Crippen LogP contribution in [0.3, 0.4) is 0 Å². The van der Waals surface area contributed by atoms with Crippen molar-refractivity contribution in [2.24, 2.45) is 0 Å². The maximum absolute atomic E-state index is 12.2. The third kappa shape index (κ3) is 4.20. The SMILES string of the molecule is CN(CCc1ccncc1)C(=O)/C=C/c1cc2ccccc2[nH]c1=O. The monoisotopic (exact) mass is 333 g/mol. The number of aromatic amines is 1. The molecule has 0 bridgehead atoms. The summed E-state index contributed by atoms with van der Waals surface area (Å²) in [6.45, 7) is 0.598. The lowest BCUT2D eigenvalue weighted by Crippen LogP contribution is -2.27. The molecule has 1 amide bonds. The van der Waals surface area contributed by atoms with Crippen molar-refractivity contribution in [2.75, 3.05) is 13.6 Å². The Bertz CT molecular complexity index is 961. The van der Waals surface area contributed by atoms with Crippen LogP contribution in [-0.4, -0.2) is 34.4 Å². The Morgan fingerprint density at radius 2 is 1.96 bits per heavy atom. The van der Waals surface area contributed by atoms with Gasteiger partial charge in [0.1, 0.15) is 0 Å². The summed E-state index contributed by atoms with van der Waals surface area (Å²) in [4.78, 5) is 32.7. The average Bonchev–Trinajstić information content (AvgIpc) is 2.65. The first-order valence-electron chi connectivity index (χ1n) is 8.07. The van der Waals surface area contributed by atoms with Crippen molar-refractivity contribution < 1.29 is 4.79 Å². The molecule has 0 saturated heterocycles. The Hall–Kier alpha value is -3.21. The molecule has 0 unspecified atom stereocenters. The van der Waals surface area contributed by atoms with Gasteiger partial charge in [-0.3, -0.25) is 14.6 Å². The highest BCUT2D eigenvalue weighted by atomic mass is 16.2. The van der Waals surface area contributed by atoms with Crippen molar-refractivity contribution in [3.05, 3.63) is 82.4 Å². The van der Waals surface area contributed by atoms with Crippen molar-refractivity contribution in [3.8, 4) is 0 Å². The number of rotatable bonds is 5. The summed E-state index contributed by atoms with van der Waals surface area (Å²) in [5.41, 5.74) is 2.17. The highest BCUT2D eigenvalue weighted by Crippen LogP contribution is 2.11. The summed E-state index contributed by atoms with van der Waals surface area (Å²) in [5.74, 6) is -0.137. The topological polar surface area (TPSA) is 66.1 Å². The third-order valence-electron chi connectivity index (χ3n) is 4.05. The maximum atomic E-state index is 12.2. The highest BCUT2D eigenvalue weighted by Gasteiger charge is 2.06. The van der Waals surface area contributed by atoms with Crippen LogP contribution < -0.4 is 5.56 Å². The van der Waals surface area contributed by atoms with E-state index in [0.29, 0.717) is 12.1 Å². The number of benzene rings is 1. The van der Waals surface area contributed by atoms with Crippen LogP contribution in [0.25, 0.3) is 17.0 Å². The van der Waals surface area contributed by atoms with Gasteiger partial charge in [0.05, 0.1) is 0 Å². The number of aromatic nitrogens is 2. The molecule has 1 N–H and O–H groups in total. The maximum Gasteiger partial charge on any atom is 0.255 e. The average molecular weight is 333 g/mol. The van der Waals surface area contributed by atoms with Gasteiger partial charge in [0.15, 0.2) is 0 Å². The first kappa shape index (κ1) is 16.6. The second-order valence-corrected chi connectivity index (χ2v) is 5.84. The quantitative estimate of drug-likeness (QED) is 0.730. The summed E-state index contributed by atoms with van der Waals surface area (Å²) in [7, 11) is 1.75. The van der Waals surface area contributed by atoms with E-state index in [2.05, 4.69) is 9.97 Å². The minimum Gasteiger partial charge on any atom is -0.342 e. The molecule has 3 rings (SSSR count). The number of carbonyl (C=O) groups excluding carboxylic acids is 1. The molecule has 1 aromatic carbocycles. The molecule has 3 aromatic rings. The normalized spacial score (nSPS) is 11.1. The molecule has 5 heteroatoms. The molecule has 2 heterocycles. The molecule has 25 heavy (non-hydrogen) atoms. The second-order valence-electron chi connectivity index (χ2n) is 5.84. The number of nitrogens with zero attached hydrogens (tertiary/aromatic N) is 2. The zero-order chi connectivity index (χ0) is 17.6. The van der Waals surface area contributed by atoms with Crippen molar-refractivity contribution in [1.29, 1.82) is 0 Å². The number of para-hydroxylation sites is 1. The predicted octanol–water partition coefficient (Wildman–Crippen LogP) is 2.64. The van der Waals surface area contributed by atoms with E-state index in [0.717, 1.165) is 22.9 Å². The second kappa shape index (κ2) is 7.57. The standard InChI is InChI=1S/C20H19N3O2/c1-23(13-10-15-8-11-21-12-9-15)19(24)7-6-17-14-16-4-2-3-5-18(16)22-20(17)25/h2-9,11-12,14H,10,13H2,1H3,(H,22,25)/b7-6+. The summed E-state index contributed by atoms with van der Waals surface area (Å²) in [5, 5.41) is 0.931. The molecule has 0 fully saturated rings. The van der Waals surface area contributed by atoms with Crippen molar-refractivity contribution in [1.82, 2.24) is 14.9 Å². The van der Waals surface area contributed by atoms with Crippen LogP contribution in [-0.2, 0) is 11.2 Å². The molecule has 0 aliphatic rings. The third-order valence-corrected chi connectivity index (χ3v) is 4.05. The Balaban J connectivity index is 1.67. The van der Waals surface area contributed by atoms with Crippen LogP contribution in [0.1, 0.15) is 11.1 Å². The Labute approximate surface area is 145 Å². The molecular formula is C20H19N3O2. The zero-order valence-corrected chi connectivity index (χ0v) is 14.0. The lowest BCUT2D eigenvalue weighted by molar-refractivity contribution is -0.124. The molecule has 0 atom stereocenters. The first-order chi connectivity index (χ1) is 12.1. The van der Waals surface area contributed by atoms with Crippen molar-refractivity contribution in [3.63, 3.8) is 0 Å². The van der Waals surface area contributed by atoms with E-state index in [1.54, 1.807) is 36.5 Å². The summed E-state index contributed by atoms with van der Waals surface area (Å²) < 4.78 is 0. The number of amides is 1. The molecule has 0 aliphatic heterocycles. The first-order valence-corrected chi connectivity index (χ1v) is 8.07. The number of fused-ring (bicyclic) bond motifs is 1. The Morgan fingerprint density at radius 3 is 2.76 bits per heavy atom. The predicted molar refractivity (Wildman–Crippen MR) is 99.2 cm³/mol. The van der Waals surface area contributed by atoms with Gasteiger partial charge in [-0.15, -0.1) is 0 Å². The smallest absolute Gasteiger partial charge is 0.255 e. The van der Waals surface area contributed by atoms with Gasteiger partial charge in [0.25, 0.3) is 5.56 Å². The van der Waals surface area contributed by atoms with Crippen molar-refractivity contribution in [2.45, 2.75) is 6.42 Å². The van der Waals surface area contributed by atoms with E-state index in [4.69, 9.17) is 0 Å². The van der Waals surface area contributed by atoms with Crippen molar-refractivity contribution >= 4 is 22.9 Å². The number of likely N-dealkylation sites (N-methyl/N-ethyl adjacent to an activating group) is 1. The largest absolute Gasteiger partial charge is 0.342 e. The fourth-order valence-corrected chi connectivity index (χ4v) is 2.53. The number of hydrogen-bond donors (Lipinski definition) is 1. The molecule has 0 spiro atoms. The van der Waals surface area contributed by atoms with Crippen LogP contribution in [0.5, 0.6) is 0 Å². The van der Waals surface area contributed by atoms with Crippen LogP contribution in [0.15, 0.2) is 65.7 Å². The number of nitrogens with one attached hydrogen (secondary N) is 1. The lowest BCUT2D eigenvalue weighted by atomic mass is 10.1. The fourth-order valence-electron chi connectivity index (χ4n) is 2.53. The van der Waals surface area contributed by atoms with E-state index >= 15 is 0 Å². The fraction of sp³-hybridized carbons (Fsp3) is 0.150. The van der Waals surface area contributed by atoms with Gasteiger partial charge in [-0.1, -0.05) is 18.2 Å². The van der Waals surface area contributed by atoms with Gasteiger partial charge in [0, 0.05) is 43.1 Å². The van der Waals surface area contributed by atoms with Gasteiger partial charge in [0.2, 0.25) is 5.91 Å². The summed E-state index contributed by atoms with van der Waals surface area (Å²) >= 11 is 0. The summed E-state index contributed by atoms with van der Waals surface area (Å²) in [6.07, 6.45) is 7.24. The van der Waals surface area contributed by atoms with Gasteiger partial charge in [-0.25, -0.2) is 0 Å². The van der Waals surface area contributed by atoms with Gasteiger partial charge >= 0.3 is 0 Å². The Morgan fingerprint density at radius 1 is 1.20 bits per heavy atom. The van der Waals surface area contributed by atoms with E-state index in [-0.39, 0.29) is 11.5 Å². The number of hydrogen-bond acceptors (Lipinski definition) is 3. The highest BCUT2D eigenvalue weighted by molar-refractivity contribution is 5.92. The molecular weight excluding hydrogens is 314 g/mol. The minimum absolute atomic E-state index is 0.137. The zero-order valence-electron chi connectivity index (χ0n) is 14.0. The number of carbonyl (C=O) groups is 1. The van der Waals surface area contributed by atoms with Crippen LogP contribution in [0.4, 0.5) is 0 Å². The number of H-pyrrole nitrogens is 1. The molecule has 0 aliphatic carbocycles. The molecule has 0 radical (unpaired) electrons. The Kier molecular flexibility index (Phi) is 5.04. The minimum atomic E-state index is -0.206. The van der Waals surface area contributed by atoms with E-state index in [1.165, 1.54) is 6.08 Å². The van der Waals surface area contributed by atoms with Crippen LogP contribution >= 0.6 is 0 Å². The lowest BCUT2D eigenvalue weighted by Gasteiger charge is -2.14. The summed E-state index contributed by atoms with van der Waals surface area (Å²) in [6, 6.07) is 13.2. The molecule has 0 saturated carbocycles. The number of pyridine rings is 2. The molecule has 5 nitrogen and oxygen atoms in total. The van der Waals surface area contributed by atoms with Gasteiger partial charge < -0.3 is 9.88 Å². The molecule has 126 valence electrons. The molecule has 2 aromatic heterocycles. The van der Waals surface area contributed by atoms with Crippen LogP contribution in [0, 0.1) is 0 Å². The van der Waals surface area contributed by atoms with Gasteiger partial charge in [-0.05, 0) is 47.7 Å². The van der Waals surface area contributed by atoms with Crippen LogP contribution in [0.2, 0.25) is 0 Å². The van der Waals surface area contributed by atoms with E-state index in [9.17, 15) is 9.59 Å². The van der Waals surface area contributed by atoms with E-state index in [1.807, 2.05) is 36.4 Å².